The average Bonchev–Trinajstić information content (AvgIpc) is 2.71. The fourth-order valence-electron chi connectivity index (χ4n) is 3.64. The summed E-state index contributed by atoms with van der Waals surface area (Å²) in [4.78, 5) is 17.7. The van der Waals surface area contributed by atoms with Crippen molar-refractivity contribution in [2.75, 3.05) is 19.3 Å². The van der Waals surface area contributed by atoms with Crippen molar-refractivity contribution < 1.29 is 31.9 Å². The Balaban J connectivity index is 1.71. The van der Waals surface area contributed by atoms with Gasteiger partial charge in [-0.1, -0.05) is 24.3 Å². The summed E-state index contributed by atoms with van der Waals surface area (Å²) in [5.41, 5.74) is 1.08. The molecular weight excluding hydrogens is 449 g/mol. The van der Waals surface area contributed by atoms with E-state index < -0.39 is 21.6 Å². The summed E-state index contributed by atoms with van der Waals surface area (Å²) < 4.78 is 48.2. The first-order valence-corrected chi connectivity index (χ1v) is 12.6. The van der Waals surface area contributed by atoms with Crippen molar-refractivity contribution in [3.8, 4) is 0 Å². The highest BCUT2D eigenvalue weighted by Gasteiger charge is 2.34. The van der Waals surface area contributed by atoms with Crippen LogP contribution in [0.4, 0.5) is 9.18 Å². The first-order chi connectivity index (χ1) is 15.4. The number of hydrogen-bond acceptors (Lipinski definition) is 7. The van der Waals surface area contributed by atoms with E-state index in [1.54, 1.807) is 57.2 Å². The minimum Gasteiger partial charge on any atom is -0.427 e. The molecule has 3 rings (SSSR count). The van der Waals surface area contributed by atoms with Crippen molar-refractivity contribution in [2.24, 2.45) is 0 Å². The third-order valence-electron chi connectivity index (χ3n) is 5.23. The van der Waals surface area contributed by atoms with Gasteiger partial charge >= 0.3 is 6.16 Å². The Morgan fingerprint density at radius 1 is 1.09 bits per heavy atom. The lowest BCUT2D eigenvalue weighted by atomic mass is 9.87. The third kappa shape index (κ3) is 7.52. The zero-order chi connectivity index (χ0) is 24.2. The molecule has 0 bridgehead atoms. The van der Waals surface area contributed by atoms with Gasteiger partial charge in [0, 0.05) is 18.7 Å². The van der Waals surface area contributed by atoms with Gasteiger partial charge in [-0.2, -0.15) is 0 Å². The van der Waals surface area contributed by atoms with Gasteiger partial charge in [0.25, 0.3) is 0 Å². The highest BCUT2D eigenvalue weighted by molar-refractivity contribution is 7.90. The maximum Gasteiger partial charge on any atom is 0.528 e. The molecule has 0 aromatic heterocycles. The minimum absolute atomic E-state index is 0.0284. The van der Waals surface area contributed by atoms with E-state index in [9.17, 15) is 17.6 Å². The fourth-order valence-corrected chi connectivity index (χ4v) is 4.27. The second kappa shape index (κ2) is 10.2. The summed E-state index contributed by atoms with van der Waals surface area (Å²) in [7, 11) is -3.27. The van der Waals surface area contributed by atoms with Crippen LogP contribution in [0.25, 0.3) is 0 Å². The Morgan fingerprint density at radius 3 is 2.30 bits per heavy atom. The van der Waals surface area contributed by atoms with Gasteiger partial charge in [-0.25, -0.2) is 17.6 Å². The van der Waals surface area contributed by atoms with E-state index in [2.05, 4.69) is 0 Å². The van der Waals surface area contributed by atoms with E-state index in [0.717, 1.165) is 17.4 Å². The van der Waals surface area contributed by atoms with Crippen molar-refractivity contribution >= 4 is 16.0 Å². The molecule has 0 saturated carbocycles. The summed E-state index contributed by atoms with van der Waals surface area (Å²) in [6.07, 6.45) is 0.665. The van der Waals surface area contributed by atoms with Gasteiger partial charge in [0.2, 0.25) is 0 Å². The van der Waals surface area contributed by atoms with Crippen LogP contribution in [0.3, 0.4) is 0 Å². The van der Waals surface area contributed by atoms with Gasteiger partial charge in [0.15, 0.2) is 9.84 Å². The Morgan fingerprint density at radius 2 is 1.73 bits per heavy atom. The van der Waals surface area contributed by atoms with Gasteiger partial charge in [-0.15, -0.1) is 5.06 Å². The quantitative estimate of drug-likeness (QED) is 0.566. The highest BCUT2D eigenvalue weighted by atomic mass is 32.2. The van der Waals surface area contributed by atoms with E-state index >= 15 is 0 Å². The van der Waals surface area contributed by atoms with Crippen molar-refractivity contribution in [1.82, 2.24) is 5.06 Å². The molecule has 2 unspecified atom stereocenters. The number of carbonyl (C=O) groups is 1. The van der Waals surface area contributed by atoms with E-state index in [4.69, 9.17) is 14.3 Å². The molecule has 1 fully saturated rings. The van der Waals surface area contributed by atoms with Gasteiger partial charge in [0.05, 0.1) is 24.2 Å². The largest absolute Gasteiger partial charge is 0.528 e. The molecule has 33 heavy (non-hydrogen) atoms. The molecule has 1 aliphatic rings. The maximum atomic E-state index is 13.4. The number of benzene rings is 2. The molecule has 0 spiro atoms. The molecule has 180 valence electrons. The van der Waals surface area contributed by atoms with Crippen LogP contribution in [0.1, 0.15) is 44.2 Å². The number of carbonyl (C=O) groups excluding carboxylic acids is 1. The molecule has 7 nitrogen and oxygen atoms in total. The molecule has 2 aromatic carbocycles. The standard InChI is InChI=1S/C24H30FNO6S/c1-24(2,3)31-23(27)32-26-14-13-21(18-7-9-19(25)10-8-18)22(15-26)30-16-17-5-11-20(12-6-17)33(4,28)29/h5-12,21-22H,13-16H2,1-4H3. The molecule has 1 saturated heterocycles. The van der Waals surface area contributed by atoms with Crippen molar-refractivity contribution in [3.63, 3.8) is 0 Å². The maximum absolute atomic E-state index is 13.4. The molecule has 2 atom stereocenters. The third-order valence-corrected chi connectivity index (χ3v) is 6.36. The first kappa shape index (κ1) is 25.1. The number of hydroxylamine groups is 2. The van der Waals surface area contributed by atoms with Crippen LogP contribution in [0.15, 0.2) is 53.4 Å². The monoisotopic (exact) mass is 479 g/mol. The predicted octanol–water partition coefficient (Wildman–Crippen LogP) is 4.47. The van der Waals surface area contributed by atoms with Crippen molar-refractivity contribution in [1.29, 1.82) is 0 Å². The second-order valence-electron chi connectivity index (χ2n) is 9.16. The van der Waals surface area contributed by atoms with E-state index in [0.29, 0.717) is 19.5 Å². The SMILES string of the molecule is CC(C)(C)OC(=O)ON1CCC(c2ccc(F)cc2)C(OCc2ccc(S(C)(=O)=O)cc2)C1. The summed E-state index contributed by atoms with van der Waals surface area (Å²) >= 11 is 0. The zero-order valence-corrected chi connectivity index (χ0v) is 20.1. The Kier molecular flexibility index (Phi) is 7.76. The number of sulfone groups is 1. The number of nitrogens with zero attached hydrogens (tertiary/aromatic N) is 1. The molecule has 1 aliphatic heterocycles. The van der Waals surface area contributed by atoms with Crippen LogP contribution in [0, 0.1) is 5.82 Å². The molecule has 9 heteroatoms. The smallest absolute Gasteiger partial charge is 0.427 e. The lowest BCUT2D eigenvalue weighted by molar-refractivity contribution is -0.179. The lowest BCUT2D eigenvalue weighted by Gasteiger charge is -2.37. The van der Waals surface area contributed by atoms with Crippen LogP contribution < -0.4 is 0 Å². The van der Waals surface area contributed by atoms with Crippen molar-refractivity contribution in [3.05, 3.63) is 65.5 Å². The summed E-state index contributed by atoms with van der Waals surface area (Å²) in [6, 6.07) is 12.8. The summed E-state index contributed by atoms with van der Waals surface area (Å²) in [5.74, 6) is -0.341. The second-order valence-corrected chi connectivity index (χ2v) is 11.2. The topological polar surface area (TPSA) is 82.1 Å². The lowest BCUT2D eigenvalue weighted by Crippen LogP contribution is -2.45. The molecular formula is C24H30FNO6S. The molecule has 0 aliphatic carbocycles. The van der Waals surface area contributed by atoms with E-state index in [-0.39, 0.29) is 29.3 Å². The Hall–Kier alpha value is -2.49. The number of halogens is 1. The van der Waals surface area contributed by atoms with Gasteiger partial charge in [-0.3, -0.25) is 0 Å². The number of hydrogen-bond donors (Lipinski definition) is 0. The Bertz CT molecular complexity index is 1050. The van der Waals surface area contributed by atoms with E-state index in [1.165, 1.54) is 17.2 Å². The van der Waals surface area contributed by atoms with Crippen LogP contribution in [0.2, 0.25) is 0 Å². The van der Waals surface area contributed by atoms with Gasteiger partial charge in [0.1, 0.15) is 11.4 Å². The molecule has 0 N–H and O–H groups in total. The van der Waals surface area contributed by atoms with Crippen LogP contribution in [0.5, 0.6) is 0 Å². The number of rotatable bonds is 6. The van der Waals surface area contributed by atoms with E-state index in [1.807, 2.05) is 0 Å². The van der Waals surface area contributed by atoms with Gasteiger partial charge < -0.3 is 14.3 Å². The first-order valence-electron chi connectivity index (χ1n) is 10.7. The number of ether oxygens (including phenoxy) is 2. The van der Waals surface area contributed by atoms with Gasteiger partial charge in [-0.05, 0) is 62.6 Å². The Labute approximate surface area is 194 Å². The normalized spacial score (nSPS) is 19.8. The summed E-state index contributed by atoms with van der Waals surface area (Å²) in [5, 5.41) is 1.52. The fraction of sp³-hybridized carbons (Fsp3) is 0.458. The van der Waals surface area contributed by atoms with Crippen molar-refractivity contribution in [2.45, 2.75) is 56.3 Å². The average molecular weight is 480 g/mol. The summed E-state index contributed by atoms with van der Waals surface area (Å²) in [6.45, 7) is 6.31. The minimum atomic E-state index is -3.27. The molecule has 1 heterocycles. The van der Waals surface area contributed by atoms with Crippen LogP contribution in [-0.4, -0.2) is 50.7 Å². The molecule has 2 aromatic rings. The molecule has 0 amide bonds. The number of piperidine rings is 1. The zero-order valence-electron chi connectivity index (χ0n) is 19.3. The molecule has 0 radical (unpaired) electrons. The van der Waals surface area contributed by atoms with Crippen LogP contribution in [-0.2, 0) is 30.8 Å². The highest BCUT2D eigenvalue weighted by Crippen LogP contribution is 2.31. The predicted molar refractivity (Wildman–Crippen MR) is 121 cm³/mol. The van der Waals surface area contributed by atoms with Crippen LogP contribution >= 0.6 is 0 Å².